The Morgan fingerprint density at radius 3 is 2.36 bits per heavy atom. The summed E-state index contributed by atoms with van der Waals surface area (Å²) in [7, 11) is -2.78. The summed E-state index contributed by atoms with van der Waals surface area (Å²) in [5, 5.41) is 11.5. The molecule has 0 saturated carbocycles. The number of nitrogens with zero attached hydrogens (tertiary/aromatic N) is 1. The first kappa shape index (κ1) is 16.1. The van der Waals surface area contributed by atoms with Gasteiger partial charge in [0, 0.05) is 10.7 Å². The molecule has 0 aliphatic rings. The largest absolute Gasteiger partial charge is 0.497 e. The lowest BCUT2D eigenvalue weighted by atomic mass is 10.3. The van der Waals surface area contributed by atoms with Crippen molar-refractivity contribution in [1.29, 1.82) is 0 Å². The molecule has 2 aromatic carbocycles. The molecule has 7 nitrogen and oxygen atoms in total. The fourth-order valence-corrected chi connectivity index (χ4v) is 3.06. The van der Waals surface area contributed by atoms with Gasteiger partial charge < -0.3 is 4.74 Å². The van der Waals surface area contributed by atoms with E-state index < -0.39 is 25.5 Å². The summed E-state index contributed by atoms with van der Waals surface area (Å²) < 4.78 is 31.8. The molecule has 0 atom stereocenters. The normalized spacial score (nSPS) is 11.0. The molecule has 0 fully saturated rings. The number of halogens is 1. The quantitative estimate of drug-likeness (QED) is 0.665. The zero-order valence-electron chi connectivity index (χ0n) is 11.3. The molecule has 22 heavy (non-hydrogen) atoms. The third-order valence-corrected chi connectivity index (χ3v) is 4.43. The smallest absolute Gasteiger partial charge is 0.293 e. The van der Waals surface area contributed by atoms with Gasteiger partial charge in [-0.15, -0.1) is 0 Å². The van der Waals surface area contributed by atoms with Crippen molar-refractivity contribution in [3.8, 4) is 5.75 Å². The van der Waals surface area contributed by atoms with Crippen molar-refractivity contribution < 1.29 is 18.1 Å². The zero-order chi connectivity index (χ0) is 16.3. The summed E-state index contributed by atoms with van der Waals surface area (Å²) in [5.74, 6) is 0.192. The molecule has 0 radical (unpaired) electrons. The molecule has 2 rings (SSSR count). The molecule has 0 aromatic heterocycles. The summed E-state index contributed by atoms with van der Waals surface area (Å²) in [4.78, 5) is 9.84. The number of hydrogen-bond donors (Lipinski definition) is 1. The van der Waals surface area contributed by atoms with Crippen LogP contribution in [0.3, 0.4) is 0 Å². The average Bonchev–Trinajstić information content (AvgIpc) is 2.48. The Labute approximate surface area is 131 Å². The van der Waals surface area contributed by atoms with E-state index in [-0.39, 0.29) is 11.4 Å². The summed E-state index contributed by atoms with van der Waals surface area (Å²) in [6.45, 7) is 0. The van der Waals surface area contributed by atoms with Crippen molar-refractivity contribution in [3.05, 3.63) is 57.6 Å². The lowest BCUT2D eigenvalue weighted by Crippen LogP contribution is -2.14. The number of ether oxygens (including phenoxy) is 1. The van der Waals surface area contributed by atoms with E-state index in [1.165, 1.54) is 37.4 Å². The van der Waals surface area contributed by atoms with Gasteiger partial charge in [-0.3, -0.25) is 14.8 Å². The van der Waals surface area contributed by atoms with Crippen LogP contribution in [0.25, 0.3) is 0 Å². The average molecular weight is 343 g/mol. The number of sulfonamides is 1. The molecule has 0 unspecified atom stereocenters. The Morgan fingerprint density at radius 2 is 1.82 bits per heavy atom. The Morgan fingerprint density at radius 1 is 1.18 bits per heavy atom. The maximum atomic E-state index is 12.3. The molecule has 0 aliphatic carbocycles. The highest BCUT2D eigenvalue weighted by atomic mass is 35.5. The van der Waals surface area contributed by atoms with Gasteiger partial charge in [0.05, 0.1) is 18.1 Å². The molecular formula is C13H11ClN2O5S. The van der Waals surface area contributed by atoms with E-state index in [1.54, 1.807) is 0 Å². The zero-order valence-corrected chi connectivity index (χ0v) is 12.9. The van der Waals surface area contributed by atoms with Crippen molar-refractivity contribution >= 4 is 33.0 Å². The lowest BCUT2D eigenvalue weighted by molar-refractivity contribution is -0.387. The fraction of sp³-hybridized carbons (Fsp3) is 0.0769. The summed E-state index contributed by atoms with van der Waals surface area (Å²) in [5.41, 5.74) is -0.324. The van der Waals surface area contributed by atoms with Crippen LogP contribution in [0, 0.1) is 10.1 Å². The van der Waals surface area contributed by atoms with E-state index >= 15 is 0 Å². The topological polar surface area (TPSA) is 98.5 Å². The number of nitro benzene ring substituents is 1. The van der Waals surface area contributed by atoms with Crippen LogP contribution < -0.4 is 9.46 Å². The SMILES string of the molecule is COc1ccc(S(=O)(=O)Nc2ccc(Cl)cc2)c([N+](=O)[O-])c1. The van der Waals surface area contributed by atoms with Crippen molar-refractivity contribution in [2.75, 3.05) is 11.8 Å². The van der Waals surface area contributed by atoms with Crippen molar-refractivity contribution in [2.45, 2.75) is 4.90 Å². The number of benzene rings is 2. The van der Waals surface area contributed by atoms with Crippen LogP contribution in [-0.2, 0) is 10.0 Å². The molecule has 0 amide bonds. The number of anilines is 1. The van der Waals surface area contributed by atoms with Crippen molar-refractivity contribution in [2.24, 2.45) is 0 Å². The predicted molar refractivity (Wildman–Crippen MR) is 81.9 cm³/mol. The van der Waals surface area contributed by atoms with E-state index in [0.29, 0.717) is 5.02 Å². The van der Waals surface area contributed by atoms with Gasteiger partial charge in [-0.2, -0.15) is 0 Å². The highest BCUT2D eigenvalue weighted by Crippen LogP contribution is 2.29. The van der Waals surface area contributed by atoms with E-state index in [9.17, 15) is 18.5 Å². The third-order valence-electron chi connectivity index (χ3n) is 2.75. The van der Waals surface area contributed by atoms with Crippen LogP contribution >= 0.6 is 11.6 Å². The maximum absolute atomic E-state index is 12.3. The van der Waals surface area contributed by atoms with Gasteiger partial charge in [0.25, 0.3) is 15.7 Å². The van der Waals surface area contributed by atoms with Gasteiger partial charge in [-0.25, -0.2) is 8.42 Å². The van der Waals surface area contributed by atoms with Crippen LogP contribution in [0.1, 0.15) is 0 Å². The van der Waals surface area contributed by atoms with Gasteiger partial charge in [0.15, 0.2) is 4.90 Å². The van der Waals surface area contributed by atoms with Crippen molar-refractivity contribution in [1.82, 2.24) is 0 Å². The molecular weight excluding hydrogens is 332 g/mol. The Balaban J connectivity index is 2.44. The van der Waals surface area contributed by atoms with Crippen LogP contribution in [0.2, 0.25) is 5.02 Å². The van der Waals surface area contributed by atoms with Crippen LogP contribution in [-0.4, -0.2) is 20.5 Å². The van der Waals surface area contributed by atoms with Gasteiger partial charge in [0.1, 0.15) is 5.75 Å². The fourth-order valence-electron chi connectivity index (χ4n) is 1.72. The number of hydrogen-bond acceptors (Lipinski definition) is 5. The maximum Gasteiger partial charge on any atom is 0.293 e. The molecule has 2 aromatic rings. The molecule has 1 N–H and O–H groups in total. The molecule has 0 bridgehead atoms. The van der Waals surface area contributed by atoms with Gasteiger partial charge in [-0.1, -0.05) is 11.6 Å². The molecule has 0 aliphatic heterocycles. The van der Waals surface area contributed by atoms with Gasteiger partial charge >= 0.3 is 0 Å². The Kier molecular flexibility index (Phi) is 4.53. The molecule has 0 spiro atoms. The molecule has 0 saturated heterocycles. The molecule has 9 heteroatoms. The number of nitrogens with one attached hydrogen (secondary N) is 1. The second-order valence-electron chi connectivity index (χ2n) is 4.20. The predicted octanol–water partition coefficient (Wildman–Crippen LogP) is 3.06. The number of rotatable bonds is 5. The summed E-state index contributed by atoms with van der Waals surface area (Å²) in [6.07, 6.45) is 0. The second-order valence-corrected chi connectivity index (χ2v) is 6.29. The Bertz CT molecular complexity index is 806. The first-order valence-corrected chi connectivity index (χ1v) is 7.80. The number of methoxy groups -OCH3 is 1. The van der Waals surface area contributed by atoms with Gasteiger partial charge in [-0.05, 0) is 36.4 Å². The minimum atomic E-state index is -4.12. The van der Waals surface area contributed by atoms with E-state index in [2.05, 4.69) is 4.72 Å². The highest BCUT2D eigenvalue weighted by Gasteiger charge is 2.26. The molecule has 0 heterocycles. The van der Waals surface area contributed by atoms with E-state index in [4.69, 9.17) is 16.3 Å². The van der Waals surface area contributed by atoms with E-state index in [1.807, 2.05) is 0 Å². The standard InChI is InChI=1S/C13H11ClN2O5S/c1-21-11-6-7-13(12(8-11)16(17)18)22(19,20)15-10-4-2-9(14)3-5-10/h2-8,15H,1H3. The first-order valence-electron chi connectivity index (χ1n) is 5.94. The number of nitro groups is 1. The van der Waals surface area contributed by atoms with Crippen LogP contribution in [0.4, 0.5) is 11.4 Å². The summed E-state index contributed by atoms with van der Waals surface area (Å²) in [6, 6.07) is 9.42. The summed E-state index contributed by atoms with van der Waals surface area (Å²) >= 11 is 5.72. The molecule has 116 valence electrons. The second kappa shape index (κ2) is 6.20. The monoisotopic (exact) mass is 342 g/mol. The van der Waals surface area contributed by atoms with E-state index in [0.717, 1.165) is 12.1 Å². The lowest BCUT2D eigenvalue weighted by Gasteiger charge is -2.09. The van der Waals surface area contributed by atoms with Crippen LogP contribution in [0.5, 0.6) is 5.75 Å². The minimum absolute atomic E-state index is 0.192. The highest BCUT2D eigenvalue weighted by molar-refractivity contribution is 7.92. The minimum Gasteiger partial charge on any atom is -0.497 e. The van der Waals surface area contributed by atoms with Crippen LogP contribution in [0.15, 0.2) is 47.4 Å². The third kappa shape index (κ3) is 3.46. The Hall–Kier alpha value is -2.32. The van der Waals surface area contributed by atoms with Gasteiger partial charge in [0.2, 0.25) is 0 Å². The van der Waals surface area contributed by atoms with Crippen molar-refractivity contribution in [3.63, 3.8) is 0 Å². The first-order chi connectivity index (χ1) is 10.3.